The largest absolute Gasteiger partial charge is 0.388 e. The zero-order valence-corrected chi connectivity index (χ0v) is 11.2. The number of fused-ring (bicyclic) bond motifs is 1. The maximum Gasteiger partial charge on any atom is 0.232 e. The first-order chi connectivity index (χ1) is 8.43. The van der Waals surface area contributed by atoms with Crippen LogP contribution < -0.4 is 10.0 Å². The van der Waals surface area contributed by atoms with Crippen LogP contribution in [0.5, 0.6) is 0 Å². The van der Waals surface area contributed by atoms with E-state index in [9.17, 15) is 13.5 Å². The number of sulfonamides is 1. The molecule has 100 valence electrons. The molecule has 18 heavy (non-hydrogen) atoms. The first kappa shape index (κ1) is 13.3. The lowest BCUT2D eigenvalue weighted by atomic mass is 10.0. The third-order valence-electron chi connectivity index (χ3n) is 3.18. The molecule has 1 atom stereocenters. The molecule has 1 aliphatic rings. The fourth-order valence-electron chi connectivity index (χ4n) is 2.27. The van der Waals surface area contributed by atoms with E-state index in [1.165, 1.54) is 10.6 Å². The Morgan fingerprint density at radius 3 is 2.83 bits per heavy atom. The van der Waals surface area contributed by atoms with Crippen molar-refractivity contribution in [2.45, 2.75) is 18.9 Å². The monoisotopic (exact) mass is 270 g/mol. The van der Waals surface area contributed by atoms with Crippen LogP contribution in [-0.4, -0.2) is 32.9 Å². The van der Waals surface area contributed by atoms with E-state index in [0.29, 0.717) is 25.9 Å². The third-order valence-corrected chi connectivity index (χ3v) is 4.36. The minimum atomic E-state index is -3.21. The molecule has 0 aromatic heterocycles. The first-order valence-corrected chi connectivity index (χ1v) is 7.77. The Labute approximate surface area is 107 Å². The molecular formula is C12H18N2O3S. The Hall–Kier alpha value is -1.11. The van der Waals surface area contributed by atoms with Crippen molar-refractivity contribution in [3.05, 3.63) is 29.3 Å². The molecule has 1 aromatic rings. The molecule has 5 nitrogen and oxygen atoms in total. The van der Waals surface area contributed by atoms with Gasteiger partial charge in [0, 0.05) is 6.54 Å². The van der Waals surface area contributed by atoms with Crippen LogP contribution in [0.3, 0.4) is 0 Å². The number of nitrogens with zero attached hydrogens (tertiary/aromatic N) is 1. The molecule has 0 saturated carbocycles. The Kier molecular flexibility index (Phi) is 3.61. The number of hydrogen-bond donors (Lipinski definition) is 2. The zero-order valence-electron chi connectivity index (χ0n) is 10.3. The standard InChI is InChI=1S/C12H18N2O3S/c1-18(16,17)14-7-5-9-8-10(2-3-11(9)14)12(15)4-6-13/h2-3,8,12,15H,4-7,13H2,1H3. The second kappa shape index (κ2) is 4.87. The van der Waals surface area contributed by atoms with Gasteiger partial charge in [-0.25, -0.2) is 8.42 Å². The molecule has 3 N–H and O–H groups in total. The van der Waals surface area contributed by atoms with Gasteiger partial charge in [-0.1, -0.05) is 12.1 Å². The van der Waals surface area contributed by atoms with Crippen LogP contribution in [0.25, 0.3) is 0 Å². The van der Waals surface area contributed by atoms with E-state index in [4.69, 9.17) is 5.73 Å². The molecule has 0 spiro atoms. The van der Waals surface area contributed by atoms with Crippen molar-refractivity contribution in [2.75, 3.05) is 23.7 Å². The minimum absolute atomic E-state index is 0.424. The average Bonchev–Trinajstić information content (AvgIpc) is 2.71. The molecule has 1 unspecified atom stereocenters. The van der Waals surface area contributed by atoms with E-state index in [1.54, 1.807) is 12.1 Å². The van der Waals surface area contributed by atoms with Crippen molar-refractivity contribution in [1.29, 1.82) is 0 Å². The quantitative estimate of drug-likeness (QED) is 0.829. The number of rotatable bonds is 4. The van der Waals surface area contributed by atoms with Crippen molar-refractivity contribution in [1.82, 2.24) is 0 Å². The summed E-state index contributed by atoms with van der Waals surface area (Å²) in [4.78, 5) is 0. The number of aliphatic hydroxyl groups excluding tert-OH is 1. The number of hydrogen-bond acceptors (Lipinski definition) is 4. The Morgan fingerprint density at radius 2 is 2.22 bits per heavy atom. The number of anilines is 1. The summed E-state index contributed by atoms with van der Waals surface area (Å²) in [5.41, 5.74) is 7.90. The van der Waals surface area contributed by atoms with E-state index < -0.39 is 16.1 Å². The lowest BCUT2D eigenvalue weighted by Crippen LogP contribution is -2.27. The van der Waals surface area contributed by atoms with Gasteiger partial charge in [0.25, 0.3) is 0 Å². The maximum absolute atomic E-state index is 11.6. The highest BCUT2D eigenvalue weighted by Gasteiger charge is 2.26. The fraction of sp³-hybridized carbons (Fsp3) is 0.500. The predicted octanol–water partition coefficient (Wildman–Crippen LogP) is 0.391. The van der Waals surface area contributed by atoms with Crippen LogP contribution in [0.2, 0.25) is 0 Å². The highest BCUT2D eigenvalue weighted by atomic mass is 32.2. The summed E-state index contributed by atoms with van der Waals surface area (Å²) in [5.74, 6) is 0. The van der Waals surface area contributed by atoms with Gasteiger partial charge in [-0.3, -0.25) is 4.31 Å². The molecule has 1 aliphatic heterocycles. The molecule has 2 rings (SSSR count). The Balaban J connectivity index is 2.31. The van der Waals surface area contributed by atoms with E-state index >= 15 is 0 Å². The van der Waals surface area contributed by atoms with Gasteiger partial charge in [0.15, 0.2) is 0 Å². The van der Waals surface area contributed by atoms with E-state index in [-0.39, 0.29) is 0 Å². The second-order valence-corrected chi connectivity index (χ2v) is 6.47. The van der Waals surface area contributed by atoms with Crippen molar-refractivity contribution < 1.29 is 13.5 Å². The number of nitrogens with two attached hydrogens (primary N) is 1. The summed E-state index contributed by atoms with van der Waals surface area (Å²) < 4.78 is 24.6. The second-order valence-electron chi connectivity index (χ2n) is 4.57. The highest BCUT2D eigenvalue weighted by molar-refractivity contribution is 7.92. The Morgan fingerprint density at radius 1 is 1.50 bits per heavy atom. The summed E-state index contributed by atoms with van der Waals surface area (Å²) in [5, 5.41) is 9.87. The topological polar surface area (TPSA) is 83.6 Å². The average molecular weight is 270 g/mol. The van der Waals surface area contributed by atoms with Gasteiger partial charge in [0.1, 0.15) is 0 Å². The van der Waals surface area contributed by atoms with Crippen LogP contribution in [0, 0.1) is 0 Å². The van der Waals surface area contributed by atoms with Crippen LogP contribution in [0.15, 0.2) is 18.2 Å². The molecule has 6 heteroatoms. The van der Waals surface area contributed by atoms with Crippen molar-refractivity contribution in [3.63, 3.8) is 0 Å². The normalized spacial score (nSPS) is 16.7. The molecular weight excluding hydrogens is 252 g/mol. The molecule has 0 fully saturated rings. The Bertz CT molecular complexity index is 542. The van der Waals surface area contributed by atoms with Crippen LogP contribution in [-0.2, 0) is 16.4 Å². The van der Waals surface area contributed by atoms with Gasteiger partial charge >= 0.3 is 0 Å². The molecule has 1 aromatic carbocycles. The summed E-state index contributed by atoms with van der Waals surface area (Å²) in [6, 6.07) is 5.40. The fourth-order valence-corrected chi connectivity index (χ4v) is 3.23. The number of benzene rings is 1. The molecule has 0 radical (unpaired) electrons. The van der Waals surface area contributed by atoms with Crippen LogP contribution in [0.4, 0.5) is 5.69 Å². The molecule has 0 aliphatic carbocycles. The predicted molar refractivity (Wildman–Crippen MR) is 71.0 cm³/mol. The van der Waals surface area contributed by atoms with Crippen LogP contribution in [0.1, 0.15) is 23.7 Å². The molecule has 1 heterocycles. The SMILES string of the molecule is CS(=O)(=O)N1CCc2cc(C(O)CCN)ccc21. The lowest BCUT2D eigenvalue weighted by molar-refractivity contribution is 0.170. The zero-order chi connectivity index (χ0) is 13.3. The lowest BCUT2D eigenvalue weighted by Gasteiger charge is -2.17. The van der Waals surface area contributed by atoms with E-state index in [2.05, 4.69) is 0 Å². The van der Waals surface area contributed by atoms with E-state index in [0.717, 1.165) is 16.8 Å². The van der Waals surface area contributed by atoms with Gasteiger partial charge in [0.2, 0.25) is 10.0 Å². The third kappa shape index (κ3) is 2.50. The van der Waals surface area contributed by atoms with Crippen LogP contribution >= 0.6 is 0 Å². The summed E-state index contributed by atoms with van der Waals surface area (Å²) >= 11 is 0. The van der Waals surface area contributed by atoms with Gasteiger partial charge in [-0.15, -0.1) is 0 Å². The first-order valence-electron chi connectivity index (χ1n) is 5.92. The van der Waals surface area contributed by atoms with Crippen molar-refractivity contribution in [3.8, 4) is 0 Å². The summed E-state index contributed by atoms with van der Waals surface area (Å²) in [6.07, 6.45) is 1.83. The smallest absolute Gasteiger partial charge is 0.232 e. The van der Waals surface area contributed by atoms with Gasteiger partial charge in [-0.05, 0) is 36.6 Å². The van der Waals surface area contributed by atoms with E-state index in [1.807, 2.05) is 6.07 Å². The van der Waals surface area contributed by atoms with Crippen molar-refractivity contribution in [2.24, 2.45) is 5.73 Å². The summed E-state index contributed by atoms with van der Waals surface area (Å²) in [7, 11) is -3.21. The highest BCUT2D eigenvalue weighted by Crippen LogP contribution is 2.32. The molecule has 0 amide bonds. The number of aliphatic hydroxyl groups is 1. The van der Waals surface area contributed by atoms with Gasteiger partial charge in [0.05, 0.1) is 18.0 Å². The van der Waals surface area contributed by atoms with Gasteiger partial charge in [-0.2, -0.15) is 0 Å². The van der Waals surface area contributed by atoms with Gasteiger partial charge < -0.3 is 10.8 Å². The van der Waals surface area contributed by atoms with Crippen molar-refractivity contribution >= 4 is 15.7 Å². The minimum Gasteiger partial charge on any atom is -0.388 e. The molecule has 0 saturated heterocycles. The summed E-state index contributed by atoms with van der Waals surface area (Å²) in [6.45, 7) is 0.901. The molecule has 0 bridgehead atoms. The maximum atomic E-state index is 11.6.